The van der Waals surface area contributed by atoms with Crippen molar-refractivity contribution in [1.29, 1.82) is 0 Å². The second-order valence-electron chi connectivity index (χ2n) is 6.23. The normalized spacial score (nSPS) is 32.2. The minimum atomic E-state index is -0.436. The molecule has 0 saturated carbocycles. The van der Waals surface area contributed by atoms with Gasteiger partial charge in [-0.3, -0.25) is 0 Å². The average molecular weight is 305 g/mol. The first-order chi connectivity index (χ1) is 10.3. The van der Waals surface area contributed by atoms with Crippen LogP contribution in [0, 0.1) is 0 Å². The highest BCUT2D eigenvalue weighted by Gasteiger charge is 2.56. The Bertz CT molecular complexity index is 489. The Hall–Kier alpha value is -0.550. The zero-order valence-electron chi connectivity index (χ0n) is 12.4. The third-order valence-electron chi connectivity index (χ3n) is 4.95. The molecule has 21 heavy (non-hydrogen) atoms. The van der Waals surface area contributed by atoms with Gasteiger partial charge in [-0.2, -0.15) is 0 Å². The Labute approximate surface area is 131 Å². The van der Waals surface area contributed by atoms with Crippen molar-refractivity contribution >= 4 is 11.8 Å². The summed E-state index contributed by atoms with van der Waals surface area (Å²) in [5.41, 5.74) is 0. The van der Waals surface area contributed by atoms with Crippen LogP contribution >= 0.6 is 11.8 Å². The summed E-state index contributed by atoms with van der Waals surface area (Å²) in [7, 11) is 0. The molecule has 0 aliphatic carbocycles. The number of rotatable bonds is 2. The molecule has 1 unspecified atom stereocenters. The highest BCUT2D eigenvalue weighted by atomic mass is 32.2. The third-order valence-corrected chi connectivity index (χ3v) is 6.47. The van der Waals surface area contributed by atoms with Gasteiger partial charge in [-0.05, 0) is 37.8 Å². The van der Waals surface area contributed by atoms with E-state index in [4.69, 9.17) is 9.47 Å². The summed E-state index contributed by atoms with van der Waals surface area (Å²) >= 11 is 2.02. The Morgan fingerprint density at radius 3 is 2.43 bits per heavy atom. The van der Waals surface area contributed by atoms with Gasteiger partial charge in [-0.25, -0.2) is 4.90 Å². The molecular formula is C17H23NO2S. The van der Waals surface area contributed by atoms with Crippen molar-refractivity contribution in [3.05, 3.63) is 30.3 Å². The molecule has 3 saturated heterocycles. The van der Waals surface area contributed by atoms with Gasteiger partial charge in [0.2, 0.25) is 5.91 Å². The van der Waals surface area contributed by atoms with Crippen LogP contribution in [0.2, 0.25) is 0 Å². The molecule has 3 nitrogen and oxygen atoms in total. The van der Waals surface area contributed by atoms with Crippen molar-refractivity contribution in [1.82, 2.24) is 4.90 Å². The van der Waals surface area contributed by atoms with E-state index in [1.165, 1.54) is 37.0 Å². The quantitative estimate of drug-likeness (QED) is 0.827. The zero-order valence-corrected chi connectivity index (χ0v) is 13.2. The molecule has 0 N–H and O–H groups in total. The van der Waals surface area contributed by atoms with Crippen LogP contribution < -0.4 is 0 Å². The molecule has 0 aromatic heterocycles. The van der Waals surface area contributed by atoms with Crippen LogP contribution in [0.15, 0.2) is 35.2 Å². The van der Waals surface area contributed by atoms with E-state index in [2.05, 4.69) is 35.2 Å². The Kier molecular flexibility index (Phi) is 3.74. The van der Waals surface area contributed by atoms with Crippen molar-refractivity contribution in [2.75, 3.05) is 19.8 Å². The predicted molar refractivity (Wildman–Crippen MR) is 84.1 cm³/mol. The van der Waals surface area contributed by atoms with Gasteiger partial charge in [0.1, 0.15) is 0 Å². The van der Waals surface area contributed by atoms with Crippen molar-refractivity contribution in [2.24, 2.45) is 0 Å². The first-order valence-electron chi connectivity index (χ1n) is 8.13. The Morgan fingerprint density at radius 2 is 1.62 bits per heavy atom. The molecule has 114 valence electrons. The van der Waals surface area contributed by atoms with E-state index in [9.17, 15) is 0 Å². The van der Waals surface area contributed by atoms with Crippen LogP contribution in [0.3, 0.4) is 0 Å². The van der Waals surface area contributed by atoms with Gasteiger partial charge in [0.05, 0.1) is 18.1 Å². The second kappa shape index (κ2) is 5.58. The zero-order chi connectivity index (χ0) is 14.2. The smallest absolute Gasteiger partial charge is 0.231 e. The highest BCUT2D eigenvalue weighted by Crippen LogP contribution is 2.53. The van der Waals surface area contributed by atoms with Gasteiger partial charge >= 0.3 is 0 Å². The van der Waals surface area contributed by atoms with Gasteiger partial charge in [0, 0.05) is 17.9 Å². The molecule has 1 aromatic rings. The summed E-state index contributed by atoms with van der Waals surface area (Å²) in [6, 6.07) is 10.8. The summed E-state index contributed by atoms with van der Waals surface area (Å²) in [5, 5.41) is 0. The number of hydrogen-bond acceptors (Lipinski definition) is 4. The SMILES string of the molecule is c1ccc(SC23CCCCC4(OCCO4)N2CCC3)cc1. The summed E-state index contributed by atoms with van der Waals surface area (Å²) < 4.78 is 12.3. The molecular weight excluding hydrogens is 282 g/mol. The maximum absolute atomic E-state index is 6.13. The van der Waals surface area contributed by atoms with Gasteiger partial charge in [0.25, 0.3) is 0 Å². The van der Waals surface area contributed by atoms with Crippen LogP contribution in [0.25, 0.3) is 0 Å². The molecule has 1 atom stereocenters. The van der Waals surface area contributed by atoms with Gasteiger partial charge < -0.3 is 9.47 Å². The molecule has 1 aromatic carbocycles. The van der Waals surface area contributed by atoms with E-state index in [0.717, 1.165) is 26.2 Å². The molecule has 1 spiro atoms. The van der Waals surface area contributed by atoms with Crippen LogP contribution in [0.5, 0.6) is 0 Å². The first-order valence-corrected chi connectivity index (χ1v) is 8.95. The van der Waals surface area contributed by atoms with Crippen molar-refractivity contribution < 1.29 is 9.47 Å². The van der Waals surface area contributed by atoms with E-state index in [0.29, 0.717) is 0 Å². The number of ether oxygens (including phenoxy) is 2. The standard InChI is InChI=1S/C17H23NO2S/c1-2-7-15(8-3-1)21-16-9-4-5-11-17(19-13-14-20-17)18(16)12-6-10-16/h1-3,7-8H,4-6,9-14H2. The second-order valence-corrected chi connectivity index (χ2v) is 7.67. The minimum absolute atomic E-state index is 0.155. The van der Waals surface area contributed by atoms with Gasteiger partial charge in [-0.1, -0.05) is 24.6 Å². The molecule has 3 fully saturated rings. The fraction of sp³-hybridized carbons (Fsp3) is 0.647. The number of benzene rings is 1. The predicted octanol–water partition coefficient (Wildman–Crippen LogP) is 3.85. The van der Waals surface area contributed by atoms with Crippen molar-refractivity contribution in [3.63, 3.8) is 0 Å². The van der Waals surface area contributed by atoms with E-state index in [1.54, 1.807) is 0 Å². The lowest BCUT2D eigenvalue weighted by Gasteiger charge is -2.45. The van der Waals surface area contributed by atoms with Crippen LogP contribution in [-0.2, 0) is 9.47 Å². The minimum Gasteiger partial charge on any atom is -0.335 e. The van der Waals surface area contributed by atoms with E-state index in [1.807, 2.05) is 11.8 Å². The van der Waals surface area contributed by atoms with E-state index in [-0.39, 0.29) is 4.87 Å². The molecule has 4 rings (SSSR count). The third kappa shape index (κ3) is 2.42. The maximum Gasteiger partial charge on any atom is 0.231 e. The molecule has 3 aliphatic rings. The number of hydrogen-bond donors (Lipinski definition) is 0. The van der Waals surface area contributed by atoms with Crippen molar-refractivity contribution in [2.45, 2.75) is 54.2 Å². The van der Waals surface area contributed by atoms with Crippen LogP contribution in [-0.4, -0.2) is 35.4 Å². The van der Waals surface area contributed by atoms with Crippen LogP contribution in [0.1, 0.15) is 38.5 Å². The lowest BCUT2D eigenvalue weighted by Crippen LogP contribution is -2.55. The molecule has 3 aliphatic heterocycles. The average Bonchev–Trinajstić information content (AvgIpc) is 3.10. The maximum atomic E-state index is 6.13. The molecule has 0 radical (unpaired) electrons. The lowest BCUT2D eigenvalue weighted by atomic mass is 10.1. The fourth-order valence-electron chi connectivity index (χ4n) is 4.09. The molecule has 3 heterocycles. The summed E-state index contributed by atoms with van der Waals surface area (Å²) in [5.74, 6) is -0.436. The van der Waals surface area contributed by atoms with Gasteiger partial charge in [0.15, 0.2) is 0 Å². The van der Waals surface area contributed by atoms with Gasteiger partial charge in [-0.15, -0.1) is 11.8 Å². The number of fused-ring (bicyclic) bond motifs is 2. The lowest BCUT2D eigenvalue weighted by molar-refractivity contribution is -0.266. The largest absolute Gasteiger partial charge is 0.335 e. The molecule has 0 amide bonds. The number of nitrogens with zero attached hydrogens (tertiary/aromatic N) is 1. The molecule has 0 bridgehead atoms. The van der Waals surface area contributed by atoms with Crippen molar-refractivity contribution in [3.8, 4) is 0 Å². The Morgan fingerprint density at radius 1 is 0.905 bits per heavy atom. The molecule has 4 heteroatoms. The summed E-state index contributed by atoms with van der Waals surface area (Å²) in [4.78, 5) is 4.07. The first kappa shape index (κ1) is 14.1. The summed E-state index contributed by atoms with van der Waals surface area (Å²) in [6.45, 7) is 2.57. The highest BCUT2D eigenvalue weighted by molar-refractivity contribution is 8.00. The van der Waals surface area contributed by atoms with E-state index < -0.39 is 5.91 Å². The van der Waals surface area contributed by atoms with Crippen LogP contribution in [0.4, 0.5) is 0 Å². The topological polar surface area (TPSA) is 21.7 Å². The van der Waals surface area contributed by atoms with E-state index >= 15 is 0 Å². The monoisotopic (exact) mass is 305 g/mol. The fourth-order valence-corrected chi connectivity index (χ4v) is 5.65. The Balaban J connectivity index is 1.67. The number of thioether (sulfide) groups is 1. The summed E-state index contributed by atoms with van der Waals surface area (Å²) in [6.07, 6.45) is 7.21.